The highest BCUT2D eigenvalue weighted by Gasteiger charge is 2.28. The van der Waals surface area contributed by atoms with Crippen molar-refractivity contribution in [3.05, 3.63) is 0 Å². The lowest BCUT2D eigenvalue weighted by atomic mass is 9.84. The van der Waals surface area contributed by atoms with Crippen molar-refractivity contribution in [1.82, 2.24) is 4.90 Å². The molecule has 1 fully saturated rings. The van der Waals surface area contributed by atoms with Gasteiger partial charge in [-0.25, -0.2) is 0 Å². The second kappa shape index (κ2) is 5.99. The van der Waals surface area contributed by atoms with Crippen LogP contribution in [0.25, 0.3) is 0 Å². The van der Waals surface area contributed by atoms with Crippen molar-refractivity contribution in [2.45, 2.75) is 39.7 Å². The van der Waals surface area contributed by atoms with E-state index in [2.05, 4.69) is 25.7 Å². The fourth-order valence-electron chi connectivity index (χ4n) is 2.39. The first kappa shape index (κ1) is 13.9. The summed E-state index contributed by atoms with van der Waals surface area (Å²) in [4.78, 5) is 2.55. The van der Waals surface area contributed by atoms with Gasteiger partial charge in [0.1, 0.15) is 0 Å². The van der Waals surface area contributed by atoms with Crippen molar-refractivity contribution >= 4 is 0 Å². The van der Waals surface area contributed by atoms with E-state index >= 15 is 0 Å². The van der Waals surface area contributed by atoms with E-state index in [1.54, 1.807) is 7.11 Å². The van der Waals surface area contributed by atoms with Crippen LogP contribution in [0, 0.1) is 11.3 Å². The smallest absolute Gasteiger partial charge is 0.0502 e. The van der Waals surface area contributed by atoms with Crippen molar-refractivity contribution in [3.63, 3.8) is 0 Å². The van der Waals surface area contributed by atoms with Crippen LogP contribution in [0.5, 0.6) is 0 Å². The SMILES string of the molecule is COCC1CCCN(CC(C)(C)C(C)N)C1. The van der Waals surface area contributed by atoms with Crippen LogP contribution in [0.15, 0.2) is 0 Å². The monoisotopic (exact) mass is 228 g/mol. The minimum Gasteiger partial charge on any atom is -0.384 e. The Morgan fingerprint density at radius 2 is 2.19 bits per heavy atom. The van der Waals surface area contributed by atoms with Gasteiger partial charge in [-0.1, -0.05) is 13.8 Å². The molecule has 1 aliphatic rings. The summed E-state index contributed by atoms with van der Waals surface area (Å²) >= 11 is 0. The number of hydrogen-bond donors (Lipinski definition) is 1. The summed E-state index contributed by atoms with van der Waals surface area (Å²) in [5.41, 5.74) is 6.23. The molecule has 0 bridgehead atoms. The third kappa shape index (κ3) is 4.04. The van der Waals surface area contributed by atoms with Gasteiger partial charge in [-0.2, -0.15) is 0 Å². The highest BCUT2D eigenvalue weighted by Crippen LogP contribution is 2.24. The van der Waals surface area contributed by atoms with Gasteiger partial charge in [0, 0.05) is 26.2 Å². The second-order valence-electron chi connectivity index (χ2n) is 5.98. The molecule has 0 aliphatic carbocycles. The molecule has 96 valence electrons. The number of nitrogens with zero attached hydrogens (tertiary/aromatic N) is 1. The predicted molar refractivity (Wildman–Crippen MR) is 68.5 cm³/mol. The Labute approximate surface area is 100 Å². The summed E-state index contributed by atoms with van der Waals surface area (Å²) in [5.74, 6) is 0.711. The predicted octanol–water partition coefficient (Wildman–Crippen LogP) is 1.72. The van der Waals surface area contributed by atoms with E-state index in [-0.39, 0.29) is 11.5 Å². The topological polar surface area (TPSA) is 38.5 Å². The van der Waals surface area contributed by atoms with Crippen LogP contribution in [0.2, 0.25) is 0 Å². The maximum atomic E-state index is 6.03. The summed E-state index contributed by atoms with van der Waals surface area (Å²) in [6, 6.07) is 0.246. The fraction of sp³-hybridized carbons (Fsp3) is 1.00. The summed E-state index contributed by atoms with van der Waals surface area (Å²) in [5, 5.41) is 0. The quantitative estimate of drug-likeness (QED) is 0.778. The average molecular weight is 228 g/mol. The van der Waals surface area contributed by atoms with Crippen molar-refractivity contribution in [1.29, 1.82) is 0 Å². The number of rotatable bonds is 5. The molecule has 0 saturated carbocycles. The molecule has 2 atom stereocenters. The van der Waals surface area contributed by atoms with Crippen LogP contribution < -0.4 is 5.73 Å². The number of likely N-dealkylation sites (tertiary alicyclic amines) is 1. The molecule has 0 aromatic carbocycles. The number of hydrogen-bond acceptors (Lipinski definition) is 3. The van der Waals surface area contributed by atoms with Crippen LogP contribution >= 0.6 is 0 Å². The van der Waals surface area contributed by atoms with Crippen molar-refractivity contribution in [3.8, 4) is 0 Å². The molecule has 1 saturated heterocycles. The lowest BCUT2D eigenvalue weighted by Gasteiger charge is -2.39. The molecule has 0 spiro atoms. The van der Waals surface area contributed by atoms with E-state index in [0.717, 1.165) is 13.2 Å². The van der Waals surface area contributed by atoms with E-state index in [1.807, 2.05) is 0 Å². The second-order valence-corrected chi connectivity index (χ2v) is 5.98. The third-order valence-corrected chi connectivity index (χ3v) is 3.87. The van der Waals surface area contributed by atoms with E-state index in [4.69, 9.17) is 10.5 Å². The molecule has 2 N–H and O–H groups in total. The number of nitrogens with two attached hydrogens (primary N) is 1. The highest BCUT2D eigenvalue weighted by atomic mass is 16.5. The Bertz CT molecular complexity index is 202. The zero-order valence-electron chi connectivity index (χ0n) is 11.3. The van der Waals surface area contributed by atoms with Gasteiger partial charge in [0.2, 0.25) is 0 Å². The van der Waals surface area contributed by atoms with Gasteiger partial charge in [-0.05, 0) is 37.6 Å². The summed E-state index contributed by atoms with van der Waals surface area (Å²) in [6.45, 7) is 11.0. The maximum absolute atomic E-state index is 6.03. The molecule has 1 rings (SSSR count). The van der Waals surface area contributed by atoms with Gasteiger partial charge >= 0.3 is 0 Å². The normalized spacial score (nSPS) is 25.7. The van der Waals surface area contributed by atoms with E-state index in [0.29, 0.717) is 5.92 Å². The van der Waals surface area contributed by atoms with Crippen LogP contribution in [0.1, 0.15) is 33.6 Å². The number of methoxy groups -OCH3 is 1. The minimum atomic E-state index is 0.203. The molecule has 0 amide bonds. The zero-order chi connectivity index (χ0) is 12.2. The van der Waals surface area contributed by atoms with Gasteiger partial charge < -0.3 is 15.4 Å². The summed E-state index contributed by atoms with van der Waals surface area (Å²) in [6.07, 6.45) is 2.60. The Hall–Kier alpha value is -0.120. The first-order valence-electron chi connectivity index (χ1n) is 6.42. The Morgan fingerprint density at radius 3 is 2.75 bits per heavy atom. The van der Waals surface area contributed by atoms with Crippen LogP contribution in [0.4, 0.5) is 0 Å². The fourth-order valence-corrected chi connectivity index (χ4v) is 2.39. The zero-order valence-corrected chi connectivity index (χ0v) is 11.3. The van der Waals surface area contributed by atoms with Crippen LogP contribution in [0.3, 0.4) is 0 Å². The molecule has 3 heteroatoms. The minimum absolute atomic E-state index is 0.203. The molecule has 16 heavy (non-hydrogen) atoms. The molecule has 0 radical (unpaired) electrons. The van der Waals surface area contributed by atoms with Crippen LogP contribution in [-0.4, -0.2) is 44.3 Å². The Morgan fingerprint density at radius 1 is 1.50 bits per heavy atom. The molecule has 0 aromatic rings. The van der Waals surface area contributed by atoms with E-state index in [1.165, 1.54) is 25.9 Å². The maximum Gasteiger partial charge on any atom is 0.0502 e. The highest BCUT2D eigenvalue weighted by molar-refractivity contribution is 4.84. The average Bonchev–Trinajstić information content (AvgIpc) is 2.17. The Balaban J connectivity index is 2.42. The third-order valence-electron chi connectivity index (χ3n) is 3.87. The van der Waals surface area contributed by atoms with Crippen molar-refractivity contribution in [2.75, 3.05) is 33.4 Å². The summed E-state index contributed by atoms with van der Waals surface area (Å²) < 4.78 is 5.26. The molecular weight excluding hydrogens is 200 g/mol. The van der Waals surface area contributed by atoms with Gasteiger partial charge in [-0.15, -0.1) is 0 Å². The number of piperidine rings is 1. The van der Waals surface area contributed by atoms with Gasteiger partial charge in [0.15, 0.2) is 0 Å². The molecule has 2 unspecified atom stereocenters. The Kier molecular flexibility index (Phi) is 5.22. The molecule has 0 aromatic heterocycles. The molecule has 1 aliphatic heterocycles. The number of ether oxygens (including phenoxy) is 1. The van der Waals surface area contributed by atoms with Crippen molar-refractivity contribution < 1.29 is 4.74 Å². The van der Waals surface area contributed by atoms with E-state index in [9.17, 15) is 0 Å². The first-order chi connectivity index (χ1) is 7.45. The molecule has 1 heterocycles. The molecule has 3 nitrogen and oxygen atoms in total. The van der Waals surface area contributed by atoms with Gasteiger partial charge in [0.05, 0.1) is 6.61 Å². The van der Waals surface area contributed by atoms with E-state index < -0.39 is 0 Å². The van der Waals surface area contributed by atoms with Crippen LogP contribution in [-0.2, 0) is 4.74 Å². The summed E-state index contributed by atoms with van der Waals surface area (Å²) in [7, 11) is 1.80. The lowest BCUT2D eigenvalue weighted by molar-refractivity contribution is 0.0658. The van der Waals surface area contributed by atoms with Gasteiger partial charge in [-0.3, -0.25) is 0 Å². The first-order valence-corrected chi connectivity index (χ1v) is 6.42. The lowest BCUT2D eigenvalue weighted by Crippen LogP contribution is -2.47. The standard InChI is InChI=1S/C13H28N2O/c1-11(14)13(2,3)10-15-7-5-6-12(8-15)9-16-4/h11-12H,5-10,14H2,1-4H3. The molecular formula is C13H28N2O. The largest absolute Gasteiger partial charge is 0.384 e. The van der Waals surface area contributed by atoms with Gasteiger partial charge in [0.25, 0.3) is 0 Å². The van der Waals surface area contributed by atoms with Crippen molar-refractivity contribution in [2.24, 2.45) is 17.1 Å².